The largest absolute Gasteiger partial charge is 0.497 e. The number of para-hydroxylation sites is 1. The van der Waals surface area contributed by atoms with Crippen LogP contribution in [-0.2, 0) is 4.79 Å². The summed E-state index contributed by atoms with van der Waals surface area (Å²) >= 11 is 1.27. The summed E-state index contributed by atoms with van der Waals surface area (Å²) in [4.78, 5) is 35.1. The van der Waals surface area contributed by atoms with Gasteiger partial charge in [0.15, 0.2) is 10.8 Å². The van der Waals surface area contributed by atoms with Crippen LogP contribution in [0.2, 0.25) is 0 Å². The molecule has 0 bridgehead atoms. The van der Waals surface area contributed by atoms with E-state index in [1.54, 1.807) is 11.7 Å². The molecule has 1 N–H and O–H groups in total. The molecule has 2 aromatic heterocycles. The lowest BCUT2D eigenvalue weighted by Gasteiger charge is -2.36. The standard InChI is InChI=1S/C25H26N6O3S/c1-17-5-3-4-6-21(17)31-24(33)20-15-26-28-23(20)27-25(31)35-16-22(32)30-13-11-29(12-14-30)18-7-9-19(34-2)10-8-18/h3-10,15H,11-14,16H2,1-2H3,(H,26,28). The number of hydrogen-bond acceptors (Lipinski definition) is 7. The Hall–Kier alpha value is -3.79. The topological polar surface area (TPSA) is 96.3 Å². The number of hydrogen-bond donors (Lipinski definition) is 1. The van der Waals surface area contributed by atoms with Crippen LogP contribution in [0.5, 0.6) is 5.75 Å². The molecule has 0 radical (unpaired) electrons. The SMILES string of the molecule is COc1ccc(N2CCN(C(=O)CSc3nc4[nH]ncc4c(=O)n3-c3ccccc3C)CC2)cc1. The highest BCUT2D eigenvalue weighted by atomic mass is 32.2. The predicted molar refractivity (Wildman–Crippen MR) is 137 cm³/mol. The van der Waals surface area contributed by atoms with Gasteiger partial charge in [-0.05, 0) is 42.8 Å². The number of carbonyl (C=O) groups is 1. The number of aryl methyl sites for hydroxylation is 1. The summed E-state index contributed by atoms with van der Waals surface area (Å²) in [6.45, 7) is 4.75. The van der Waals surface area contributed by atoms with Crippen LogP contribution in [0, 0.1) is 6.92 Å². The number of ether oxygens (including phenoxy) is 1. The Kier molecular flexibility index (Phi) is 6.45. The maximum absolute atomic E-state index is 13.3. The van der Waals surface area contributed by atoms with Gasteiger partial charge in [-0.15, -0.1) is 0 Å². The van der Waals surface area contributed by atoms with E-state index in [-0.39, 0.29) is 17.2 Å². The third-order valence-corrected chi connectivity index (χ3v) is 7.13. The second-order valence-electron chi connectivity index (χ2n) is 8.31. The summed E-state index contributed by atoms with van der Waals surface area (Å²) in [5, 5.41) is 7.63. The number of aromatic nitrogens is 4. The zero-order valence-corrected chi connectivity index (χ0v) is 20.4. The summed E-state index contributed by atoms with van der Waals surface area (Å²) in [5.41, 5.74) is 3.02. The Morgan fingerprint density at radius 1 is 1.09 bits per heavy atom. The number of piperazine rings is 1. The molecule has 0 spiro atoms. The molecule has 35 heavy (non-hydrogen) atoms. The van der Waals surface area contributed by atoms with Crippen LogP contribution in [0.1, 0.15) is 5.56 Å². The van der Waals surface area contributed by atoms with E-state index in [0.29, 0.717) is 29.3 Å². The van der Waals surface area contributed by atoms with E-state index in [4.69, 9.17) is 4.74 Å². The molecular weight excluding hydrogens is 464 g/mol. The van der Waals surface area contributed by atoms with Crippen LogP contribution in [0.25, 0.3) is 16.7 Å². The number of anilines is 1. The summed E-state index contributed by atoms with van der Waals surface area (Å²) in [7, 11) is 1.65. The fourth-order valence-corrected chi connectivity index (χ4v) is 5.12. The third-order valence-electron chi connectivity index (χ3n) is 6.20. The van der Waals surface area contributed by atoms with Crippen molar-refractivity contribution in [1.29, 1.82) is 0 Å². The van der Waals surface area contributed by atoms with Gasteiger partial charge in [0.1, 0.15) is 11.1 Å². The van der Waals surface area contributed by atoms with Gasteiger partial charge < -0.3 is 14.5 Å². The second kappa shape index (κ2) is 9.83. The lowest BCUT2D eigenvalue weighted by Crippen LogP contribution is -2.49. The summed E-state index contributed by atoms with van der Waals surface area (Å²) in [6.07, 6.45) is 1.49. The van der Waals surface area contributed by atoms with Gasteiger partial charge in [-0.3, -0.25) is 19.3 Å². The number of benzene rings is 2. The number of H-pyrrole nitrogens is 1. The van der Waals surface area contributed by atoms with Crippen LogP contribution >= 0.6 is 11.8 Å². The number of thioether (sulfide) groups is 1. The van der Waals surface area contributed by atoms with E-state index in [1.807, 2.05) is 60.4 Å². The average Bonchev–Trinajstić information content (AvgIpc) is 3.37. The van der Waals surface area contributed by atoms with Crippen LogP contribution < -0.4 is 15.2 Å². The Labute approximate surface area is 206 Å². The van der Waals surface area contributed by atoms with Crippen molar-refractivity contribution in [3.05, 3.63) is 70.6 Å². The van der Waals surface area contributed by atoms with E-state index < -0.39 is 0 Å². The molecule has 1 aliphatic rings. The first kappa shape index (κ1) is 23.0. The first-order valence-corrected chi connectivity index (χ1v) is 12.4. The lowest BCUT2D eigenvalue weighted by atomic mass is 10.2. The number of fused-ring (bicyclic) bond motifs is 1. The maximum atomic E-state index is 13.3. The molecule has 0 atom stereocenters. The van der Waals surface area contributed by atoms with E-state index >= 15 is 0 Å². The Morgan fingerprint density at radius 2 is 1.83 bits per heavy atom. The first-order chi connectivity index (χ1) is 17.0. The van der Waals surface area contributed by atoms with Crippen LogP contribution in [-0.4, -0.2) is 69.6 Å². The van der Waals surface area contributed by atoms with Gasteiger partial charge >= 0.3 is 0 Å². The molecule has 180 valence electrons. The van der Waals surface area contributed by atoms with Gasteiger partial charge in [0.25, 0.3) is 5.56 Å². The van der Waals surface area contributed by atoms with Crippen molar-refractivity contribution in [1.82, 2.24) is 24.6 Å². The van der Waals surface area contributed by atoms with Gasteiger partial charge in [0, 0.05) is 31.9 Å². The molecular formula is C25H26N6O3S. The molecule has 2 aromatic carbocycles. The van der Waals surface area contributed by atoms with Crippen molar-refractivity contribution in [2.24, 2.45) is 0 Å². The fourth-order valence-electron chi connectivity index (χ4n) is 4.22. The minimum absolute atomic E-state index is 0.0275. The second-order valence-corrected chi connectivity index (χ2v) is 9.25. The number of nitrogens with one attached hydrogen (secondary N) is 1. The van der Waals surface area contributed by atoms with Crippen molar-refractivity contribution in [3.8, 4) is 11.4 Å². The lowest BCUT2D eigenvalue weighted by molar-refractivity contribution is -0.128. The highest BCUT2D eigenvalue weighted by Gasteiger charge is 2.23. The minimum Gasteiger partial charge on any atom is -0.497 e. The predicted octanol–water partition coefficient (Wildman–Crippen LogP) is 2.87. The molecule has 1 amide bonds. The van der Waals surface area contributed by atoms with Crippen molar-refractivity contribution in [3.63, 3.8) is 0 Å². The maximum Gasteiger partial charge on any atom is 0.269 e. The zero-order chi connectivity index (χ0) is 24.4. The van der Waals surface area contributed by atoms with Gasteiger partial charge in [-0.1, -0.05) is 30.0 Å². The highest BCUT2D eigenvalue weighted by Crippen LogP contribution is 2.24. The van der Waals surface area contributed by atoms with E-state index in [9.17, 15) is 9.59 Å². The molecule has 3 heterocycles. The first-order valence-electron chi connectivity index (χ1n) is 11.4. The number of rotatable bonds is 6. The molecule has 10 heteroatoms. The molecule has 0 saturated carbocycles. The number of aromatic amines is 1. The highest BCUT2D eigenvalue weighted by molar-refractivity contribution is 7.99. The van der Waals surface area contributed by atoms with Crippen LogP contribution in [0.4, 0.5) is 5.69 Å². The number of carbonyl (C=O) groups excluding carboxylic acids is 1. The van der Waals surface area contributed by atoms with Crippen molar-refractivity contribution in [2.75, 3.05) is 43.9 Å². The summed E-state index contributed by atoms with van der Waals surface area (Å²) in [6, 6.07) is 15.6. The van der Waals surface area contributed by atoms with Crippen molar-refractivity contribution in [2.45, 2.75) is 12.1 Å². The van der Waals surface area contributed by atoms with Gasteiger partial charge in [-0.2, -0.15) is 5.10 Å². The quantitative estimate of drug-likeness (QED) is 0.328. The normalized spacial score (nSPS) is 13.9. The Bertz CT molecular complexity index is 1410. The Morgan fingerprint density at radius 3 is 2.54 bits per heavy atom. The van der Waals surface area contributed by atoms with Gasteiger partial charge in [0.2, 0.25) is 5.91 Å². The summed E-state index contributed by atoms with van der Waals surface area (Å²) < 4.78 is 6.81. The third kappa shape index (κ3) is 4.61. The van der Waals surface area contributed by atoms with E-state index in [1.165, 1.54) is 18.0 Å². The number of nitrogens with zero attached hydrogens (tertiary/aromatic N) is 5. The molecule has 1 fully saturated rings. The molecule has 9 nitrogen and oxygen atoms in total. The smallest absolute Gasteiger partial charge is 0.269 e. The molecule has 5 rings (SSSR count). The fraction of sp³-hybridized carbons (Fsp3) is 0.280. The van der Waals surface area contributed by atoms with E-state index in [2.05, 4.69) is 20.1 Å². The van der Waals surface area contributed by atoms with Gasteiger partial charge in [-0.25, -0.2) is 4.98 Å². The number of amides is 1. The van der Waals surface area contributed by atoms with Crippen molar-refractivity contribution >= 4 is 34.4 Å². The number of methoxy groups -OCH3 is 1. The molecule has 0 aliphatic carbocycles. The zero-order valence-electron chi connectivity index (χ0n) is 19.6. The van der Waals surface area contributed by atoms with Crippen LogP contribution in [0.15, 0.2) is 64.7 Å². The minimum atomic E-state index is -0.207. The molecule has 0 unspecified atom stereocenters. The Balaban J connectivity index is 1.30. The van der Waals surface area contributed by atoms with Crippen molar-refractivity contribution < 1.29 is 9.53 Å². The van der Waals surface area contributed by atoms with Gasteiger partial charge in [0.05, 0.1) is 24.7 Å². The monoisotopic (exact) mass is 490 g/mol. The summed E-state index contributed by atoms with van der Waals surface area (Å²) in [5.74, 6) is 1.05. The van der Waals surface area contributed by atoms with Crippen LogP contribution in [0.3, 0.4) is 0 Å². The van der Waals surface area contributed by atoms with E-state index in [0.717, 1.165) is 35.8 Å². The molecule has 4 aromatic rings. The molecule has 1 saturated heterocycles. The average molecular weight is 491 g/mol. The molecule has 1 aliphatic heterocycles.